The summed E-state index contributed by atoms with van der Waals surface area (Å²) in [4.78, 5) is 16.9. The Hall–Kier alpha value is -2.11. The van der Waals surface area contributed by atoms with Crippen molar-refractivity contribution in [3.63, 3.8) is 0 Å². The number of hydrogen-bond donors (Lipinski definition) is 1. The van der Waals surface area contributed by atoms with Crippen molar-refractivity contribution in [1.82, 2.24) is 15.1 Å². The van der Waals surface area contributed by atoms with E-state index in [0.717, 1.165) is 25.4 Å². The van der Waals surface area contributed by atoms with Crippen LogP contribution in [0.4, 0.5) is 0 Å². The van der Waals surface area contributed by atoms with Crippen molar-refractivity contribution in [3.05, 3.63) is 59.0 Å². The maximum atomic E-state index is 12.3. The Balaban J connectivity index is 1.65. The first-order valence-corrected chi connectivity index (χ1v) is 10.8. The van der Waals surface area contributed by atoms with Gasteiger partial charge in [0.1, 0.15) is 5.76 Å². The lowest BCUT2D eigenvalue weighted by Gasteiger charge is -2.34. The van der Waals surface area contributed by atoms with Crippen LogP contribution in [-0.4, -0.2) is 48.9 Å². The monoisotopic (exact) mass is 397 g/mol. The van der Waals surface area contributed by atoms with E-state index in [-0.39, 0.29) is 5.91 Å². The van der Waals surface area contributed by atoms with Crippen LogP contribution < -0.4 is 5.32 Å². The molecule has 1 aliphatic carbocycles. The van der Waals surface area contributed by atoms with Crippen molar-refractivity contribution in [2.45, 2.75) is 58.2 Å². The number of hydrogen-bond acceptors (Lipinski definition) is 4. The highest BCUT2D eigenvalue weighted by Crippen LogP contribution is 2.26. The third kappa shape index (κ3) is 6.72. The van der Waals surface area contributed by atoms with Crippen LogP contribution in [0.5, 0.6) is 0 Å². The third-order valence-corrected chi connectivity index (χ3v) is 5.65. The largest absolute Gasteiger partial charge is 0.455 e. The van der Waals surface area contributed by atoms with Crippen molar-refractivity contribution in [1.29, 1.82) is 0 Å². The molecule has 1 saturated carbocycles. The maximum Gasteiger partial charge on any atom is 0.287 e. The second-order valence-corrected chi connectivity index (χ2v) is 8.51. The SMILES string of the molecule is Cc1cccc(CN(Cc2ccc(C(=O)NCCN(C)C)o2)C2CCCCC2)c1. The summed E-state index contributed by atoms with van der Waals surface area (Å²) in [7, 11) is 3.98. The molecule has 5 heteroatoms. The van der Waals surface area contributed by atoms with Gasteiger partial charge in [-0.25, -0.2) is 0 Å². The molecule has 0 spiro atoms. The van der Waals surface area contributed by atoms with Crippen LogP contribution in [-0.2, 0) is 13.1 Å². The Bertz CT molecular complexity index is 778. The summed E-state index contributed by atoms with van der Waals surface area (Å²) in [5.74, 6) is 1.12. The van der Waals surface area contributed by atoms with E-state index >= 15 is 0 Å². The summed E-state index contributed by atoms with van der Waals surface area (Å²) >= 11 is 0. The van der Waals surface area contributed by atoms with Gasteiger partial charge in [-0.05, 0) is 51.6 Å². The van der Waals surface area contributed by atoms with Gasteiger partial charge < -0.3 is 14.6 Å². The molecule has 3 rings (SSSR count). The van der Waals surface area contributed by atoms with E-state index in [4.69, 9.17) is 4.42 Å². The summed E-state index contributed by atoms with van der Waals surface area (Å²) in [6.45, 7) is 5.22. The highest BCUT2D eigenvalue weighted by atomic mass is 16.4. The standard InChI is InChI=1S/C24H35N3O2/c1-19-8-7-9-20(16-19)17-27(21-10-5-4-6-11-21)18-22-12-13-23(29-22)24(28)25-14-15-26(2)3/h7-9,12-13,16,21H,4-6,10-11,14-15,17-18H2,1-3H3,(H,25,28). The predicted molar refractivity (Wildman–Crippen MR) is 117 cm³/mol. The Labute approximate surface area is 175 Å². The average molecular weight is 398 g/mol. The van der Waals surface area contributed by atoms with Crippen LogP contribution >= 0.6 is 0 Å². The molecule has 1 amide bonds. The zero-order valence-corrected chi connectivity index (χ0v) is 18.1. The van der Waals surface area contributed by atoms with Gasteiger partial charge in [0.05, 0.1) is 6.54 Å². The van der Waals surface area contributed by atoms with Crippen molar-refractivity contribution in [3.8, 4) is 0 Å². The predicted octanol–water partition coefficient (Wildman–Crippen LogP) is 4.21. The Kier molecular flexibility index (Phi) is 7.90. The van der Waals surface area contributed by atoms with Gasteiger partial charge in [-0.1, -0.05) is 49.1 Å². The number of carbonyl (C=O) groups is 1. The van der Waals surface area contributed by atoms with Crippen LogP contribution in [0.2, 0.25) is 0 Å². The van der Waals surface area contributed by atoms with Gasteiger partial charge in [0.2, 0.25) is 0 Å². The molecule has 5 nitrogen and oxygen atoms in total. The number of likely N-dealkylation sites (N-methyl/N-ethyl adjacent to an activating group) is 1. The second kappa shape index (κ2) is 10.6. The Morgan fingerprint density at radius 1 is 1.10 bits per heavy atom. The van der Waals surface area contributed by atoms with Gasteiger partial charge in [0.15, 0.2) is 5.76 Å². The normalized spacial score (nSPS) is 15.2. The first-order valence-electron chi connectivity index (χ1n) is 10.8. The molecule has 29 heavy (non-hydrogen) atoms. The molecule has 0 bridgehead atoms. The zero-order chi connectivity index (χ0) is 20.6. The fourth-order valence-corrected chi connectivity index (χ4v) is 4.07. The number of amides is 1. The van der Waals surface area contributed by atoms with Gasteiger partial charge in [-0.3, -0.25) is 9.69 Å². The summed E-state index contributed by atoms with van der Waals surface area (Å²) in [6, 6.07) is 13.1. The van der Waals surface area contributed by atoms with Gasteiger partial charge in [0.25, 0.3) is 5.91 Å². The summed E-state index contributed by atoms with van der Waals surface area (Å²) in [5, 5.41) is 2.92. The Morgan fingerprint density at radius 3 is 2.62 bits per heavy atom. The number of nitrogens with zero attached hydrogens (tertiary/aromatic N) is 2. The second-order valence-electron chi connectivity index (χ2n) is 8.51. The van der Waals surface area contributed by atoms with E-state index in [1.54, 1.807) is 6.07 Å². The molecule has 1 aromatic carbocycles. The Morgan fingerprint density at radius 2 is 1.90 bits per heavy atom. The first-order chi connectivity index (χ1) is 14.0. The number of aryl methyl sites for hydroxylation is 1. The van der Waals surface area contributed by atoms with E-state index in [9.17, 15) is 4.79 Å². The minimum atomic E-state index is -0.138. The number of nitrogens with one attached hydrogen (secondary N) is 1. The topological polar surface area (TPSA) is 48.7 Å². The summed E-state index contributed by atoms with van der Waals surface area (Å²) < 4.78 is 5.92. The summed E-state index contributed by atoms with van der Waals surface area (Å²) in [5.41, 5.74) is 2.63. The molecule has 1 heterocycles. The van der Waals surface area contributed by atoms with Crippen LogP contribution in [0.15, 0.2) is 40.8 Å². The molecule has 158 valence electrons. The first kappa shape index (κ1) is 21.6. The number of rotatable bonds is 9. The molecule has 0 unspecified atom stereocenters. The smallest absolute Gasteiger partial charge is 0.287 e. The fraction of sp³-hybridized carbons (Fsp3) is 0.542. The molecular formula is C24H35N3O2. The number of carbonyl (C=O) groups excluding carboxylic acids is 1. The van der Waals surface area contributed by atoms with Crippen LogP contribution in [0, 0.1) is 6.92 Å². The minimum Gasteiger partial charge on any atom is -0.455 e. The molecule has 1 aromatic heterocycles. The van der Waals surface area contributed by atoms with Gasteiger partial charge in [-0.15, -0.1) is 0 Å². The minimum absolute atomic E-state index is 0.138. The molecule has 0 saturated heterocycles. The molecule has 1 N–H and O–H groups in total. The van der Waals surface area contributed by atoms with Gasteiger partial charge >= 0.3 is 0 Å². The molecule has 0 aliphatic heterocycles. The van der Waals surface area contributed by atoms with Crippen LogP contribution in [0.3, 0.4) is 0 Å². The van der Waals surface area contributed by atoms with Crippen LogP contribution in [0.1, 0.15) is 59.5 Å². The van der Waals surface area contributed by atoms with E-state index in [1.807, 2.05) is 25.1 Å². The average Bonchev–Trinajstić information content (AvgIpc) is 3.17. The van der Waals surface area contributed by atoms with Crippen molar-refractivity contribution < 1.29 is 9.21 Å². The highest BCUT2D eigenvalue weighted by Gasteiger charge is 2.23. The maximum absolute atomic E-state index is 12.3. The van der Waals surface area contributed by atoms with Crippen LogP contribution in [0.25, 0.3) is 0 Å². The molecule has 2 aromatic rings. The van der Waals surface area contributed by atoms with Crippen molar-refractivity contribution >= 4 is 5.91 Å². The van der Waals surface area contributed by atoms with Crippen molar-refractivity contribution in [2.75, 3.05) is 27.2 Å². The molecule has 1 fully saturated rings. The highest BCUT2D eigenvalue weighted by molar-refractivity contribution is 5.91. The lowest BCUT2D eigenvalue weighted by molar-refractivity contribution is 0.0913. The third-order valence-electron chi connectivity index (χ3n) is 5.65. The molecular weight excluding hydrogens is 362 g/mol. The van der Waals surface area contributed by atoms with Gasteiger partial charge in [0, 0.05) is 25.7 Å². The molecule has 1 aliphatic rings. The zero-order valence-electron chi connectivity index (χ0n) is 18.1. The quantitative estimate of drug-likeness (QED) is 0.688. The number of benzene rings is 1. The van der Waals surface area contributed by atoms with E-state index in [1.165, 1.54) is 43.2 Å². The summed E-state index contributed by atoms with van der Waals surface area (Å²) in [6.07, 6.45) is 6.42. The van der Waals surface area contributed by atoms with E-state index in [0.29, 0.717) is 18.3 Å². The van der Waals surface area contributed by atoms with E-state index in [2.05, 4.69) is 41.4 Å². The van der Waals surface area contributed by atoms with Crippen molar-refractivity contribution in [2.24, 2.45) is 0 Å². The molecule has 0 radical (unpaired) electrons. The van der Waals surface area contributed by atoms with E-state index < -0.39 is 0 Å². The fourth-order valence-electron chi connectivity index (χ4n) is 4.07. The molecule has 0 atom stereocenters. The van der Waals surface area contributed by atoms with Gasteiger partial charge in [-0.2, -0.15) is 0 Å². The lowest BCUT2D eigenvalue weighted by atomic mass is 9.93. The number of furan rings is 1. The lowest BCUT2D eigenvalue weighted by Crippen LogP contribution is -2.35.